The average Bonchev–Trinajstić information content (AvgIpc) is 3.10. The molecule has 5 rings (SSSR count). The summed E-state index contributed by atoms with van der Waals surface area (Å²) >= 11 is 0. The highest BCUT2D eigenvalue weighted by Crippen LogP contribution is 2.77. The van der Waals surface area contributed by atoms with Crippen LogP contribution in [0, 0.1) is 62.6 Å². The summed E-state index contributed by atoms with van der Waals surface area (Å²) in [6, 6.07) is 0. The molecule has 0 amide bonds. The molecule has 1 unspecified atom stereocenters. The van der Waals surface area contributed by atoms with Crippen LogP contribution < -0.4 is 0 Å². The van der Waals surface area contributed by atoms with E-state index in [1.165, 1.54) is 32.0 Å². The quantitative estimate of drug-likeness (QED) is 0.481. The van der Waals surface area contributed by atoms with Gasteiger partial charge in [0.2, 0.25) is 0 Å². The first-order chi connectivity index (χ1) is 15.3. The zero-order valence-corrected chi connectivity index (χ0v) is 22.4. The number of aliphatic hydroxyl groups is 2. The molecule has 2 N–H and O–H groups in total. The van der Waals surface area contributed by atoms with Crippen LogP contribution in [0.2, 0.25) is 0 Å². The van der Waals surface area contributed by atoms with Crippen molar-refractivity contribution in [3.05, 3.63) is 0 Å². The van der Waals surface area contributed by atoms with E-state index >= 15 is 0 Å². The van der Waals surface area contributed by atoms with E-state index in [1.54, 1.807) is 0 Å². The van der Waals surface area contributed by atoms with Gasteiger partial charge in [-0.1, -0.05) is 48.5 Å². The Bertz CT molecular complexity index is 806. The van der Waals surface area contributed by atoms with Crippen molar-refractivity contribution in [1.29, 1.82) is 0 Å². The number of aldehydes is 1. The lowest BCUT2D eigenvalue weighted by Crippen LogP contribution is -2.68. The second-order valence-electron chi connectivity index (χ2n) is 15.0. The molecule has 0 aromatic rings. The normalized spacial score (nSPS) is 58.4. The third-order valence-corrected chi connectivity index (χ3v) is 13.9. The molecular formula is C30H50O3. The summed E-state index contributed by atoms with van der Waals surface area (Å²) < 4.78 is 0. The maximum Gasteiger partial charge on any atom is 0.123 e. The summed E-state index contributed by atoms with van der Waals surface area (Å²) in [7, 11) is 0. The van der Waals surface area contributed by atoms with Crippen molar-refractivity contribution in [3.8, 4) is 0 Å². The predicted octanol–water partition coefficient (Wildman–Crippen LogP) is 6.25. The molecule has 5 saturated carbocycles. The van der Waals surface area contributed by atoms with Gasteiger partial charge < -0.3 is 15.0 Å². The minimum absolute atomic E-state index is 0.0212. The van der Waals surface area contributed by atoms with Gasteiger partial charge in [0.1, 0.15) is 6.29 Å². The Morgan fingerprint density at radius 1 is 0.758 bits per heavy atom. The first-order valence-electron chi connectivity index (χ1n) is 14.1. The Morgan fingerprint density at radius 2 is 1.42 bits per heavy atom. The van der Waals surface area contributed by atoms with Gasteiger partial charge in [0.05, 0.1) is 12.2 Å². The molecule has 0 bridgehead atoms. The van der Waals surface area contributed by atoms with Crippen LogP contribution in [0.25, 0.3) is 0 Å². The Labute approximate surface area is 202 Å². The molecule has 0 spiro atoms. The van der Waals surface area contributed by atoms with Crippen LogP contribution in [-0.4, -0.2) is 28.7 Å². The van der Waals surface area contributed by atoms with Gasteiger partial charge in [0, 0.05) is 5.92 Å². The fraction of sp³-hybridized carbons (Fsp3) is 0.967. The molecule has 0 aromatic heterocycles. The summed E-state index contributed by atoms with van der Waals surface area (Å²) in [5.41, 5.74) is 0.527. The van der Waals surface area contributed by atoms with Crippen LogP contribution in [-0.2, 0) is 4.79 Å². The van der Waals surface area contributed by atoms with Crippen molar-refractivity contribution in [1.82, 2.24) is 0 Å². The molecule has 0 aliphatic heterocycles. The lowest BCUT2D eigenvalue weighted by atomic mass is 9.32. The summed E-state index contributed by atoms with van der Waals surface area (Å²) in [5.74, 6) is 2.79. The highest BCUT2D eigenvalue weighted by atomic mass is 16.3. The molecule has 5 aliphatic carbocycles. The number of carbonyl (C=O) groups is 1. The van der Waals surface area contributed by atoms with Gasteiger partial charge in [0.15, 0.2) is 0 Å². The minimum atomic E-state index is -0.265. The Balaban J connectivity index is 1.56. The monoisotopic (exact) mass is 458 g/mol. The lowest BCUT2D eigenvalue weighted by molar-refractivity contribution is -0.263. The first-order valence-corrected chi connectivity index (χ1v) is 14.1. The Morgan fingerprint density at radius 3 is 2.09 bits per heavy atom. The smallest absolute Gasteiger partial charge is 0.123 e. The molecule has 3 heteroatoms. The zero-order chi connectivity index (χ0) is 24.2. The van der Waals surface area contributed by atoms with E-state index in [9.17, 15) is 15.0 Å². The Hall–Kier alpha value is -0.410. The predicted molar refractivity (Wildman–Crippen MR) is 132 cm³/mol. The zero-order valence-electron chi connectivity index (χ0n) is 22.4. The third-order valence-electron chi connectivity index (χ3n) is 13.9. The maximum atomic E-state index is 11.9. The van der Waals surface area contributed by atoms with Crippen LogP contribution in [0.3, 0.4) is 0 Å². The average molecular weight is 459 g/mol. The number of aliphatic hydroxyl groups excluding tert-OH is 2. The second-order valence-corrected chi connectivity index (χ2v) is 15.0. The topological polar surface area (TPSA) is 57.5 Å². The van der Waals surface area contributed by atoms with E-state index < -0.39 is 0 Å². The fourth-order valence-corrected chi connectivity index (χ4v) is 11.7. The van der Waals surface area contributed by atoms with Gasteiger partial charge >= 0.3 is 0 Å². The molecular weight excluding hydrogens is 408 g/mol. The maximum absolute atomic E-state index is 11.9. The van der Waals surface area contributed by atoms with Crippen molar-refractivity contribution >= 4 is 6.29 Å². The van der Waals surface area contributed by atoms with Crippen molar-refractivity contribution < 1.29 is 15.0 Å². The van der Waals surface area contributed by atoms with Crippen molar-refractivity contribution in [2.45, 2.75) is 118 Å². The number of hydrogen-bond donors (Lipinski definition) is 2. The molecule has 0 radical (unpaired) electrons. The van der Waals surface area contributed by atoms with Crippen LogP contribution in [0.4, 0.5) is 0 Å². The van der Waals surface area contributed by atoms with E-state index in [4.69, 9.17) is 0 Å². The molecule has 0 aromatic carbocycles. The summed E-state index contributed by atoms with van der Waals surface area (Å²) in [5, 5.41) is 22.6. The minimum Gasteiger partial charge on any atom is -0.393 e. The molecule has 5 fully saturated rings. The SMILES string of the molecule is CC(C=O)[C@@H]1CC[C@@]2(C)[C@H]1[C@H]1CC[C@@H]3[C@@]4(C)CC[C@H](O)C(C)(C)[C@@H]4CC[C@@]3(C)[C@]1(C)C[C@@H]2O. The van der Waals surface area contributed by atoms with E-state index in [0.717, 1.165) is 32.1 Å². The van der Waals surface area contributed by atoms with Gasteiger partial charge in [-0.05, 0) is 114 Å². The first kappa shape index (κ1) is 24.3. The second kappa shape index (κ2) is 7.31. The highest BCUT2D eigenvalue weighted by molar-refractivity contribution is 5.53. The van der Waals surface area contributed by atoms with Gasteiger partial charge in [-0.2, -0.15) is 0 Å². The number of hydrogen-bond acceptors (Lipinski definition) is 3. The van der Waals surface area contributed by atoms with Crippen LogP contribution in [0.15, 0.2) is 0 Å². The van der Waals surface area contributed by atoms with E-state index in [0.29, 0.717) is 29.6 Å². The summed E-state index contributed by atoms with van der Waals surface area (Å²) in [6.45, 7) is 16.8. The summed E-state index contributed by atoms with van der Waals surface area (Å²) in [4.78, 5) is 11.9. The molecule has 188 valence electrons. The van der Waals surface area contributed by atoms with Crippen molar-refractivity contribution in [2.24, 2.45) is 62.6 Å². The van der Waals surface area contributed by atoms with Crippen molar-refractivity contribution in [3.63, 3.8) is 0 Å². The molecule has 12 atom stereocenters. The van der Waals surface area contributed by atoms with E-state index in [-0.39, 0.29) is 45.2 Å². The van der Waals surface area contributed by atoms with Gasteiger partial charge in [-0.15, -0.1) is 0 Å². The standard InChI is InChI=1S/C30H50O3/c1-18(17-31)19-10-13-28(5)24(33)16-30(7)20(25(19)28)8-9-22-27(4)14-12-23(32)26(2,3)21(27)11-15-29(22,30)6/h17-25,32-33H,8-16H2,1-7H3/t18?,19-,20+,21-,22+,23-,24-,25+,27-,28+,29+,30+/m0/s1. The number of carbonyl (C=O) groups excluding carboxylic acids is 1. The molecule has 0 heterocycles. The van der Waals surface area contributed by atoms with Crippen LogP contribution >= 0.6 is 0 Å². The number of rotatable bonds is 2. The van der Waals surface area contributed by atoms with Crippen LogP contribution in [0.1, 0.15) is 106 Å². The fourth-order valence-electron chi connectivity index (χ4n) is 11.7. The molecule has 5 aliphatic rings. The highest BCUT2D eigenvalue weighted by Gasteiger charge is 2.71. The molecule has 0 saturated heterocycles. The Kier molecular flexibility index (Phi) is 5.38. The van der Waals surface area contributed by atoms with E-state index in [1.807, 2.05) is 0 Å². The van der Waals surface area contributed by atoms with E-state index in [2.05, 4.69) is 48.5 Å². The number of fused-ring (bicyclic) bond motifs is 7. The van der Waals surface area contributed by atoms with Crippen LogP contribution in [0.5, 0.6) is 0 Å². The van der Waals surface area contributed by atoms with Gasteiger partial charge in [0.25, 0.3) is 0 Å². The molecule has 33 heavy (non-hydrogen) atoms. The van der Waals surface area contributed by atoms with Crippen molar-refractivity contribution in [2.75, 3.05) is 0 Å². The third kappa shape index (κ3) is 2.85. The lowest BCUT2D eigenvalue weighted by Gasteiger charge is -2.73. The molecule has 3 nitrogen and oxygen atoms in total. The van der Waals surface area contributed by atoms with Gasteiger partial charge in [-0.25, -0.2) is 0 Å². The summed E-state index contributed by atoms with van der Waals surface area (Å²) in [6.07, 6.45) is 10.8. The van der Waals surface area contributed by atoms with Gasteiger partial charge in [-0.3, -0.25) is 0 Å². The largest absolute Gasteiger partial charge is 0.393 e.